The normalized spacial score (nSPS) is 19.3. The van der Waals surface area contributed by atoms with E-state index in [0.717, 1.165) is 42.0 Å². The number of hydrogen-bond donors (Lipinski definition) is 0. The van der Waals surface area contributed by atoms with Crippen LogP contribution in [0.5, 0.6) is 5.75 Å². The molecule has 0 saturated carbocycles. The van der Waals surface area contributed by atoms with Crippen molar-refractivity contribution >= 4 is 13.8 Å². The summed E-state index contributed by atoms with van der Waals surface area (Å²) in [7, 11) is 3.86. The zero-order valence-electron chi connectivity index (χ0n) is 12.3. The fourth-order valence-electron chi connectivity index (χ4n) is 2.72. The maximum absolute atomic E-state index is 12.5. The van der Waals surface area contributed by atoms with Gasteiger partial charge in [-0.3, -0.25) is 4.79 Å². The Bertz CT molecular complexity index is 487. The predicted octanol–water partition coefficient (Wildman–Crippen LogP) is 1.97. The van der Waals surface area contributed by atoms with Gasteiger partial charge in [0.15, 0.2) is 0 Å². The number of amides is 1. The van der Waals surface area contributed by atoms with Crippen molar-refractivity contribution in [1.82, 2.24) is 4.90 Å². The molecule has 1 atom stereocenters. The van der Waals surface area contributed by atoms with Gasteiger partial charge < -0.3 is 9.64 Å². The second kappa shape index (κ2) is 5.68. The van der Waals surface area contributed by atoms with Crippen LogP contribution in [-0.4, -0.2) is 38.9 Å². The highest BCUT2D eigenvalue weighted by Crippen LogP contribution is 2.26. The Morgan fingerprint density at radius 2 is 2.16 bits per heavy atom. The Labute approximate surface area is 116 Å². The van der Waals surface area contributed by atoms with Gasteiger partial charge in [0.05, 0.1) is 7.11 Å². The number of likely N-dealkylation sites (tertiary alicyclic amines) is 1. The van der Waals surface area contributed by atoms with Gasteiger partial charge in [-0.05, 0) is 43.5 Å². The van der Waals surface area contributed by atoms with E-state index in [1.165, 1.54) is 6.42 Å². The Morgan fingerprint density at radius 1 is 1.42 bits per heavy atom. The average Bonchev–Trinajstić information content (AvgIpc) is 2.41. The highest BCUT2D eigenvalue weighted by Gasteiger charge is 2.22. The van der Waals surface area contributed by atoms with Crippen LogP contribution in [0.3, 0.4) is 0 Å². The molecule has 1 fully saturated rings. The number of hydrogen-bond acceptors (Lipinski definition) is 2. The topological polar surface area (TPSA) is 29.5 Å². The molecule has 1 heterocycles. The number of carbonyl (C=O) groups is 1. The minimum Gasteiger partial charge on any atom is -0.496 e. The predicted molar refractivity (Wildman–Crippen MR) is 79.9 cm³/mol. The van der Waals surface area contributed by atoms with E-state index in [0.29, 0.717) is 5.82 Å². The molecule has 0 N–H and O–H groups in total. The first-order chi connectivity index (χ1) is 9.02. The van der Waals surface area contributed by atoms with Crippen molar-refractivity contribution in [1.29, 1.82) is 0 Å². The van der Waals surface area contributed by atoms with Crippen molar-refractivity contribution in [3.63, 3.8) is 0 Å². The molecule has 3 nitrogen and oxygen atoms in total. The van der Waals surface area contributed by atoms with Crippen LogP contribution in [0.2, 0.25) is 5.82 Å². The third-order valence-corrected chi connectivity index (χ3v) is 4.03. The van der Waals surface area contributed by atoms with Gasteiger partial charge in [0.1, 0.15) is 13.6 Å². The number of carbonyl (C=O) groups excluding carboxylic acids is 1. The molecule has 1 aliphatic rings. The molecule has 0 aliphatic carbocycles. The average molecular weight is 259 g/mol. The summed E-state index contributed by atoms with van der Waals surface area (Å²) < 4.78 is 5.35. The van der Waals surface area contributed by atoms with Gasteiger partial charge in [-0.1, -0.05) is 12.2 Å². The van der Waals surface area contributed by atoms with Crippen molar-refractivity contribution < 1.29 is 9.53 Å². The summed E-state index contributed by atoms with van der Waals surface area (Å²) in [5, 5.41) is 0. The van der Waals surface area contributed by atoms with Crippen LogP contribution in [0.25, 0.3) is 0 Å². The standard InChI is InChI=1S/C15H22BNO2/c1-10-7-12(8-14(19-3)11(10)2)15(18)17-6-4-5-13(16)9-17/h7-8,13H,4-6,9,16H2,1-3H3. The number of piperidine rings is 1. The van der Waals surface area contributed by atoms with E-state index in [1.807, 2.05) is 30.9 Å². The Balaban J connectivity index is 2.26. The third-order valence-electron chi connectivity index (χ3n) is 4.03. The van der Waals surface area contributed by atoms with Crippen molar-refractivity contribution in [2.24, 2.45) is 0 Å². The molecule has 1 unspecified atom stereocenters. The first-order valence-corrected chi connectivity index (χ1v) is 6.97. The highest BCUT2D eigenvalue weighted by atomic mass is 16.5. The highest BCUT2D eigenvalue weighted by molar-refractivity contribution is 6.12. The number of benzene rings is 1. The van der Waals surface area contributed by atoms with Crippen LogP contribution in [0.4, 0.5) is 0 Å². The van der Waals surface area contributed by atoms with E-state index in [-0.39, 0.29) is 5.91 Å². The van der Waals surface area contributed by atoms with Crippen LogP contribution < -0.4 is 4.74 Å². The summed E-state index contributed by atoms with van der Waals surface area (Å²) in [4.78, 5) is 14.5. The molecular weight excluding hydrogens is 237 g/mol. The number of methoxy groups -OCH3 is 1. The quantitative estimate of drug-likeness (QED) is 0.760. The number of rotatable bonds is 2. The molecule has 19 heavy (non-hydrogen) atoms. The summed E-state index contributed by atoms with van der Waals surface area (Å²) in [5.74, 6) is 1.53. The SMILES string of the molecule is BC1CCCN(C(=O)c2cc(C)c(C)c(OC)c2)C1. The first-order valence-electron chi connectivity index (χ1n) is 6.97. The monoisotopic (exact) mass is 259 g/mol. The maximum Gasteiger partial charge on any atom is 0.253 e. The van der Waals surface area contributed by atoms with Crippen molar-refractivity contribution in [2.75, 3.05) is 20.2 Å². The fourth-order valence-corrected chi connectivity index (χ4v) is 2.72. The van der Waals surface area contributed by atoms with E-state index in [9.17, 15) is 4.79 Å². The molecule has 1 aromatic rings. The number of nitrogens with zero attached hydrogens (tertiary/aromatic N) is 1. The van der Waals surface area contributed by atoms with Gasteiger partial charge in [0, 0.05) is 18.7 Å². The molecule has 102 valence electrons. The largest absolute Gasteiger partial charge is 0.496 e. The van der Waals surface area contributed by atoms with E-state index in [2.05, 4.69) is 7.85 Å². The summed E-state index contributed by atoms with van der Waals surface area (Å²) in [6.07, 6.45) is 2.33. The smallest absolute Gasteiger partial charge is 0.253 e. The third kappa shape index (κ3) is 2.94. The molecule has 1 aromatic carbocycles. The summed E-state index contributed by atoms with van der Waals surface area (Å²) >= 11 is 0. The molecule has 0 radical (unpaired) electrons. The van der Waals surface area contributed by atoms with E-state index >= 15 is 0 Å². The van der Waals surface area contributed by atoms with E-state index in [4.69, 9.17) is 4.74 Å². The summed E-state index contributed by atoms with van der Waals surface area (Å²) in [6, 6.07) is 3.84. The van der Waals surface area contributed by atoms with Gasteiger partial charge >= 0.3 is 0 Å². The molecule has 0 aromatic heterocycles. The van der Waals surface area contributed by atoms with Crippen molar-refractivity contribution in [3.8, 4) is 5.75 Å². The van der Waals surface area contributed by atoms with Crippen LogP contribution >= 0.6 is 0 Å². The van der Waals surface area contributed by atoms with Crippen LogP contribution in [0.1, 0.15) is 34.3 Å². The van der Waals surface area contributed by atoms with Gasteiger partial charge in [-0.15, -0.1) is 0 Å². The number of aryl methyl sites for hydroxylation is 1. The zero-order chi connectivity index (χ0) is 14.0. The molecule has 1 aliphatic heterocycles. The molecule has 0 bridgehead atoms. The Kier molecular flexibility index (Phi) is 4.18. The molecule has 1 saturated heterocycles. The minimum atomic E-state index is 0.132. The first kappa shape index (κ1) is 14.0. The summed E-state index contributed by atoms with van der Waals surface area (Å²) in [5.41, 5.74) is 2.95. The Morgan fingerprint density at radius 3 is 2.79 bits per heavy atom. The molecule has 2 rings (SSSR count). The fraction of sp³-hybridized carbons (Fsp3) is 0.533. The molecule has 4 heteroatoms. The maximum atomic E-state index is 12.5. The van der Waals surface area contributed by atoms with Crippen LogP contribution in [0, 0.1) is 13.8 Å². The minimum absolute atomic E-state index is 0.132. The van der Waals surface area contributed by atoms with Crippen molar-refractivity contribution in [3.05, 3.63) is 28.8 Å². The second-order valence-electron chi connectivity index (χ2n) is 5.62. The number of ether oxygens (including phenoxy) is 1. The van der Waals surface area contributed by atoms with Crippen molar-refractivity contribution in [2.45, 2.75) is 32.5 Å². The van der Waals surface area contributed by atoms with Gasteiger partial charge in [-0.2, -0.15) is 0 Å². The van der Waals surface area contributed by atoms with E-state index < -0.39 is 0 Å². The lowest BCUT2D eigenvalue weighted by Crippen LogP contribution is -2.38. The zero-order valence-corrected chi connectivity index (χ0v) is 12.3. The molecular formula is C15H22BNO2. The van der Waals surface area contributed by atoms with Gasteiger partial charge in [0.25, 0.3) is 5.91 Å². The summed E-state index contributed by atoms with van der Waals surface area (Å²) in [6.45, 7) is 5.78. The molecule has 0 spiro atoms. The lowest BCUT2D eigenvalue weighted by atomic mass is 9.80. The van der Waals surface area contributed by atoms with Crippen LogP contribution in [-0.2, 0) is 0 Å². The van der Waals surface area contributed by atoms with Gasteiger partial charge in [-0.25, -0.2) is 0 Å². The second-order valence-corrected chi connectivity index (χ2v) is 5.62. The van der Waals surface area contributed by atoms with Crippen LogP contribution in [0.15, 0.2) is 12.1 Å². The lowest BCUT2D eigenvalue weighted by Gasteiger charge is -2.31. The van der Waals surface area contributed by atoms with Gasteiger partial charge in [0.2, 0.25) is 0 Å². The molecule has 1 amide bonds. The Hall–Kier alpha value is -1.45. The van der Waals surface area contributed by atoms with E-state index in [1.54, 1.807) is 7.11 Å². The lowest BCUT2D eigenvalue weighted by molar-refractivity contribution is 0.0724.